The summed E-state index contributed by atoms with van der Waals surface area (Å²) in [6.07, 6.45) is 0. The van der Waals surface area contributed by atoms with Crippen molar-refractivity contribution < 1.29 is 9.13 Å². The van der Waals surface area contributed by atoms with Gasteiger partial charge in [-0.15, -0.1) is 0 Å². The number of benzene rings is 1. The monoisotopic (exact) mass is 251 g/mol. The van der Waals surface area contributed by atoms with Gasteiger partial charge >= 0.3 is 0 Å². The number of halogens is 1. The van der Waals surface area contributed by atoms with Gasteiger partial charge in [-0.3, -0.25) is 4.99 Å². The first-order valence-corrected chi connectivity index (χ1v) is 5.90. The third kappa shape index (κ3) is 2.18. The zero-order valence-electron chi connectivity index (χ0n) is 10.7. The lowest BCUT2D eigenvalue weighted by atomic mass is 9.91. The highest BCUT2D eigenvalue weighted by atomic mass is 19.1. The van der Waals surface area contributed by atoms with E-state index in [-0.39, 0.29) is 5.82 Å². The van der Waals surface area contributed by atoms with Gasteiger partial charge in [0.15, 0.2) is 5.96 Å². The number of nitrogens with two attached hydrogens (primary N) is 1. The van der Waals surface area contributed by atoms with Crippen molar-refractivity contribution in [2.45, 2.75) is 12.5 Å². The highest BCUT2D eigenvalue weighted by molar-refractivity contribution is 5.81. The molecule has 0 amide bonds. The summed E-state index contributed by atoms with van der Waals surface area (Å²) in [5.41, 5.74) is 6.38. The Kier molecular flexibility index (Phi) is 3.52. The summed E-state index contributed by atoms with van der Waals surface area (Å²) >= 11 is 0. The predicted molar refractivity (Wildman–Crippen MR) is 68.8 cm³/mol. The number of hydrogen-bond donors (Lipinski definition) is 1. The van der Waals surface area contributed by atoms with Gasteiger partial charge in [0.2, 0.25) is 0 Å². The van der Waals surface area contributed by atoms with Gasteiger partial charge < -0.3 is 15.4 Å². The third-order valence-corrected chi connectivity index (χ3v) is 3.39. The molecule has 0 fully saturated rings. The second-order valence-corrected chi connectivity index (χ2v) is 4.60. The fraction of sp³-hybridized carbons (Fsp3) is 0.462. The standard InChI is InChI=1S/C13H18FN3O/c1-13(10-4-3-5-11(14)8-10)9-16-12(15)17(13)6-7-18-2/h3-5,8H,6-7,9H2,1-2H3,(H2,15,16). The van der Waals surface area contributed by atoms with Crippen LogP contribution in [-0.2, 0) is 10.3 Å². The Bertz CT molecular complexity index is 463. The van der Waals surface area contributed by atoms with E-state index in [4.69, 9.17) is 10.5 Å². The normalized spacial score (nSPS) is 23.3. The van der Waals surface area contributed by atoms with Crippen molar-refractivity contribution in [2.75, 3.05) is 26.8 Å². The largest absolute Gasteiger partial charge is 0.383 e. The molecular weight excluding hydrogens is 233 g/mol. The molecule has 98 valence electrons. The minimum absolute atomic E-state index is 0.245. The number of nitrogens with zero attached hydrogens (tertiary/aromatic N) is 2. The summed E-state index contributed by atoms with van der Waals surface area (Å²) in [6, 6.07) is 6.58. The molecule has 0 saturated heterocycles. The van der Waals surface area contributed by atoms with E-state index in [1.54, 1.807) is 13.2 Å². The van der Waals surface area contributed by atoms with Crippen LogP contribution in [0.2, 0.25) is 0 Å². The zero-order chi connectivity index (χ0) is 13.2. The summed E-state index contributed by atoms with van der Waals surface area (Å²) in [5, 5.41) is 0. The van der Waals surface area contributed by atoms with Crippen LogP contribution in [0.15, 0.2) is 29.3 Å². The van der Waals surface area contributed by atoms with E-state index in [0.29, 0.717) is 25.7 Å². The van der Waals surface area contributed by atoms with E-state index in [2.05, 4.69) is 4.99 Å². The van der Waals surface area contributed by atoms with Crippen LogP contribution in [0, 0.1) is 5.82 Å². The molecule has 18 heavy (non-hydrogen) atoms. The predicted octanol–water partition coefficient (Wildman–Crippen LogP) is 1.32. The number of hydrogen-bond acceptors (Lipinski definition) is 4. The smallest absolute Gasteiger partial charge is 0.192 e. The molecule has 4 nitrogen and oxygen atoms in total. The molecule has 1 unspecified atom stereocenters. The van der Waals surface area contributed by atoms with Crippen molar-refractivity contribution in [2.24, 2.45) is 10.7 Å². The Balaban J connectivity index is 2.29. The third-order valence-electron chi connectivity index (χ3n) is 3.39. The zero-order valence-corrected chi connectivity index (χ0v) is 10.7. The molecule has 1 aliphatic rings. The molecule has 1 heterocycles. The molecule has 0 bridgehead atoms. The second kappa shape index (κ2) is 4.94. The lowest BCUT2D eigenvalue weighted by Crippen LogP contribution is -2.48. The van der Waals surface area contributed by atoms with Crippen molar-refractivity contribution in [1.29, 1.82) is 0 Å². The Morgan fingerprint density at radius 3 is 3.00 bits per heavy atom. The topological polar surface area (TPSA) is 50.9 Å². The van der Waals surface area contributed by atoms with Crippen molar-refractivity contribution in [1.82, 2.24) is 4.90 Å². The van der Waals surface area contributed by atoms with Crippen LogP contribution in [0.3, 0.4) is 0 Å². The number of rotatable bonds is 4. The Morgan fingerprint density at radius 1 is 1.56 bits per heavy atom. The number of ether oxygens (including phenoxy) is 1. The van der Waals surface area contributed by atoms with Crippen LogP contribution in [0.4, 0.5) is 4.39 Å². The van der Waals surface area contributed by atoms with E-state index in [9.17, 15) is 4.39 Å². The Labute approximate surface area is 106 Å². The second-order valence-electron chi connectivity index (χ2n) is 4.60. The first-order valence-electron chi connectivity index (χ1n) is 5.90. The van der Waals surface area contributed by atoms with Crippen LogP contribution < -0.4 is 5.73 Å². The van der Waals surface area contributed by atoms with E-state index in [1.165, 1.54) is 12.1 Å². The van der Waals surface area contributed by atoms with Gasteiger partial charge in [0.05, 0.1) is 18.7 Å². The average molecular weight is 251 g/mol. The van der Waals surface area contributed by atoms with Crippen LogP contribution in [0.1, 0.15) is 12.5 Å². The van der Waals surface area contributed by atoms with Crippen molar-refractivity contribution in [3.05, 3.63) is 35.6 Å². The van der Waals surface area contributed by atoms with E-state index >= 15 is 0 Å². The highest BCUT2D eigenvalue weighted by Gasteiger charge is 2.39. The van der Waals surface area contributed by atoms with Crippen LogP contribution in [-0.4, -0.2) is 37.7 Å². The van der Waals surface area contributed by atoms with Gasteiger partial charge in [-0.1, -0.05) is 12.1 Å². The summed E-state index contributed by atoms with van der Waals surface area (Å²) in [4.78, 5) is 6.24. The first-order chi connectivity index (χ1) is 8.58. The van der Waals surface area contributed by atoms with Gasteiger partial charge in [0, 0.05) is 13.7 Å². The summed E-state index contributed by atoms with van der Waals surface area (Å²) in [5.74, 6) is 0.240. The molecule has 2 rings (SSSR count). The molecule has 0 aromatic heterocycles. The van der Waals surface area contributed by atoms with Crippen molar-refractivity contribution in [3.8, 4) is 0 Å². The molecule has 5 heteroatoms. The molecule has 0 saturated carbocycles. The lowest BCUT2D eigenvalue weighted by Gasteiger charge is -2.36. The van der Waals surface area contributed by atoms with Gasteiger partial charge in [-0.2, -0.15) is 0 Å². The van der Waals surface area contributed by atoms with Gasteiger partial charge in [0.25, 0.3) is 0 Å². The number of aliphatic imine (C=N–C) groups is 1. The molecule has 1 aromatic rings. The van der Waals surface area contributed by atoms with E-state index in [1.807, 2.05) is 17.9 Å². The molecule has 0 aliphatic carbocycles. The van der Waals surface area contributed by atoms with Crippen molar-refractivity contribution in [3.63, 3.8) is 0 Å². The van der Waals surface area contributed by atoms with Gasteiger partial charge in [-0.05, 0) is 24.6 Å². The average Bonchev–Trinajstić information content (AvgIpc) is 2.64. The molecule has 0 radical (unpaired) electrons. The van der Waals surface area contributed by atoms with E-state index < -0.39 is 5.54 Å². The molecule has 1 atom stereocenters. The number of methoxy groups -OCH3 is 1. The molecule has 1 aromatic carbocycles. The van der Waals surface area contributed by atoms with Crippen molar-refractivity contribution >= 4 is 5.96 Å². The Hall–Kier alpha value is -1.62. The van der Waals surface area contributed by atoms with Gasteiger partial charge in [0.1, 0.15) is 5.82 Å². The summed E-state index contributed by atoms with van der Waals surface area (Å²) < 4.78 is 18.4. The molecular formula is C13H18FN3O. The van der Waals surface area contributed by atoms with Crippen LogP contribution in [0.25, 0.3) is 0 Å². The lowest BCUT2D eigenvalue weighted by molar-refractivity contribution is 0.137. The fourth-order valence-corrected chi connectivity index (χ4v) is 2.27. The molecule has 2 N–H and O–H groups in total. The Morgan fingerprint density at radius 2 is 2.33 bits per heavy atom. The molecule has 0 spiro atoms. The fourth-order valence-electron chi connectivity index (χ4n) is 2.27. The maximum absolute atomic E-state index is 13.4. The van der Waals surface area contributed by atoms with E-state index in [0.717, 1.165) is 5.56 Å². The van der Waals surface area contributed by atoms with Gasteiger partial charge in [-0.25, -0.2) is 4.39 Å². The highest BCUT2D eigenvalue weighted by Crippen LogP contribution is 2.32. The van der Waals surface area contributed by atoms with Crippen LogP contribution >= 0.6 is 0 Å². The number of guanidine groups is 1. The summed E-state index contributed by atoms with van der Waals surface area (Å²) in [6.45, 7) is 3.74. The summed E-state index contributed by atoms with van der Waals surface area (Å²) in [7, 11) is 1.64. The van der Waals surface area contributed by atoms with Crippen LogP contribution in [0.5, 0.6) is 0 Å². The first kappa shape index (κ1) is 12.8. The maximum Gasteiger partial charge on any atom is 0.192 e. The SMILES string of the molecule is COCCN1C(N)=NCC1(C)c1cccc(F)c1. The quantitative estimate of drug-likeness (QED) is 0.878. The minimum atomic E-state index is -0.398. The minimum Gasteiger partial charge on any atom is -0.383 e. The maximum atomic E-state index is 13.4. The molecule has 1 aliphatic heterocycles.